The molecule has 0 atom stereocenters. The highest BCUT2D eigenvalue weighted by Gasteiger charge is 2.07. The van der Waals surface area contributed by atoms with Gasteiger partial charge in [-0.25, -0.2) is 0 Å². The van der Waals surface area contributed by atoms with E-state index in [0.29, 0.717) is 5.56 Å². The van der Waals surface area contributed by atoms with Crippen molar-refractivity contribution in [2.75, 3.05) is 0 Å². The van der Waals surface area contributed by atoms with Gasteiger partial charge in [0.2, 0.25) is 0 Å². The van der Waals surface area contributed by atoms with Gasteiger partial charge in [0.1, 0.15) is 11.5 Å². The number of aromatic hydroxyl groups is 2. The lowest BCUT2D eigenvalue weighted by Crippen LogP contribution is -1.80. The van der Waals surface area contributed by atoms with Crippen LogP contribution >= 0.6 is 15.9 Å². The van der Waals surface area contributed by atoms with Crippen LogP contribution in [0.4, 0.5) is 0 Å². The first kappa shape index (κ1) is 12.6. The Balaban J connectivity index is 0.00000128. The number of rotatable bonds is 1. The van der Waals surface area contributed by atoms with Crippen molar-refractivity contribution in [2.45, 2.75) is 7.43 Å². The molecule has 0 aliphatic carbocycles. The van der Waals surface area contributed by atoms with Crippen LogP contribution in [0, 0.1) is 0 Å². The lowest BCUT2D eigenvalue weighted by Gasteiger charge is -2.06. The normalized spacial score (nSPS) is 9.56. The number of hydrogen-bond acceptors (Lipinski definition) is 2. The van der Waals surface area contributed by atoms with Crippen LogP contribution in [0.25, 0.3) is 11.1 Å². The molecule has 0 spiro atoms. The summed E-state index contributed by atoms with van der Waals surface area (Å²) in [6, 6.07) is 12.2. The third-order valence-corrected chi connectivity index (χ3v) is 2.84. The number of halogens is 1. The molecule has 0 radical (unpaired) electrons. The second-order valence-corrected chi connectivity index (χ2v) is 4.04. The molecule has 0 aliphatic rings. The Morgan fingerprint density at radius 2 is 1.56 bits per heavy atom. The number of hydrogen-bond donors (Lipinski definition) is 2. The van der Waals surface area contributed by atoms with E-state index in [1.54, 1.807) is 12.1 Å². The summed E-state index contributed by atoms with van der Waals surface area (Å²) in [5.74, 6) is 0.130. The van der Waals surface area contributed by atoms with E-state index < -0.39 is 0 Å². The SMILES string of the molecule is C.Oc1ccc(-c2ccccc2Br)c(O)c1. The van der Waals surface area contributed by atoms with Gasteiger partial charge < -0.3 is 10.2 Å². The zero-order valence-corrected chi connectivity index (χ0v) is 9.40. The Labute approximate surface area is 103 Å². The van der Waals surface area contributed by atoms with Gasteiger partial charge in [0.25, 0.3) is 0 Å². The molecular formula is C13H13BrO2. The van der Waals surface area contributed by atoms with Crippen LogP contribution in [-0.4, -0.2) is 10.2 Å². The number of phenols is 2. The van der Waals surface area contributed by atoms with Crippen molar-refractivity contribution in [3.63, 3.8) is 0 Å². The molecular weight excluding hydrogens is 268 g/mol. The summed E-state index contributed by atoms with van der Waals surface area (Å²) in [6.07, 6.45) is 0. The van der Waals surface area contributed by atoms with Gasteiger partial charge in [-0.1, -0.05) is 41.6 Å². The van der Waals surface area contributed by atoms with Crippen LogP contribution in [0.3, 0.4) is 0 Å². The Kier molecular flexibility index (Phi) is 3.96. The monoisotopic (exact) mass is 280 g/mol. The fraction of sp³-hybridized carbons (Fsp3) is 0.0769. The molecule has 3 heteroatoms. The fourth-order valence-corrected chi connectivity index (χ4v) is 1.93. The maximum atomic E-state index is 9.69. The average Bonchev–Trinajstić information content (AvgIpc) is 2.20. The van der Waals surface area contributed by atoms with E-state index in [1.165, 1.54) is 6.07 Å². The van der Waals surface area contributed by atoms with Crippen LogP contribution in [0.5, 0.6) is 11.5 Å². The van der Waals surface area contributed by atoms with Crippen molar-refractivity contribution in [1.29, 1.82) is 0 Å². The van der Waals surface area contributed by atoms with Crippen LogP contribution in [0.1, 0.15) is 7.43 Å². The van der Waals surface area contributed by atoms with Gasteiger partial charge in [0, 0.05) is 16.1 Å². The highest BCUT2D eigenvalue weighted by Crippen LogP contribution is 2.35. The Morgan fingerprint density at radius 3 is 2.19 bits per heavy atom. The van der Waals surface area contributed by atoms with Gasteiger partial charge in [0.05, 0.1) is 0 Å². The van der Waals surface area contributed by atoms with Crippen molar-refractivity contribution in [3.8, 4) is 22.6 Å². The van der Waals surface area contributed by atoms with E-state index in [4.69, 9.17) is 0 Å². The summed E-state index contributed by atoms with van der Waals surface area (Å²) >= 11 is 3.41. The summed E-state index contributed by atoms with van der Waals surface area (Å²) in [5, 5.41) is 18.9. The van der Waals surface area contributed by atoms with Crippen molar-refractivity contribution in [1.82, 2.24) is 0 Å². The minimum absolute atomic E-state index is 0. The van der Waals surface area contributed by atoms with E-state index >= 15 is 0 Å². The summed E-state index contributed by atoms with van der Waals surface area (Å²) in [4.78, 5) is 0. The molecule has 0 aromatic heterocycles. The topological polar surface area (TPSA) is 40.5 Å². The predicted molar refractivity (Wildman–Crippen MR) is 69.6 cm³/mol. The molecule has 0 amide bonds. The van der Waals surface area contributed by atoms with Crippen molar-refractivity contribution in [2.24, 2.45) is 0 Å². The Morgan fingerprint density at radius 1 is 0.875 bits per heavy atom. The maximum absolute atomic E-state index is 9.69. The molecule has 2 rings (SSSR count). The Bertz CT molecular complexity index is 495. The molecule has 2 N–H and O–H groups in total. The molecule has 0 saturated heterocycles. The summed E-state index contributed by atoms with van der Waals surface area (Å²) in [6.45, 7) is 0. The molecule has 0 unspecified atom stereocenters. The smallest absolute Gasteiger partial charge is 0.127 e. The molecule has 84 valence electrons. The third-order valence-electron chi connectivity index (χ3n) is 2.15. The largest absolute Gasteiger partial charge is 0.508 e. The second-order valence-electron chi connectivity index (χ2n) is 3.18. The van der Waals surface area contributed by atoms with E-state index in [1.807, 2.05) is 24.3 Å². The van der Waals surface area contributed by atoms with Crippen LogP contribution in [0.15, 0.2) is 46.9 Å². The zero-order valence-electron chi connectivity index (χ0n) is 7.81. The van der Waals surface area contributed by atoms with Crippen LogP contribution in [0.2, 0.25) is 0 Å². The van der Waals surface area contributed by atoms with Crippen LogP contribution in [-0.2, 0) is 0 Å². The molecule has 2 nitrogen and oxygen atoms in total. The molecule has 0 saturated carbocycles. The standard InChI is InChI=1S/C12H9BrO2.CH4/c13-11-4-2-1-3-9(11)10-6-5-8(14)7-12(10)15;/h1-7,14-15H;1H4. The first-order valence-corrected chi connectivity index (χ1v) is 5.24. The average molecular weight is 281 g/mol. The van der Waals surface area contributed by atoms with E-state index in [0.717, 1.165) is 10.0 Å². The fourth-order valence-electron chi connectivity index (χ4n) is 1.43. The van der Waals surface area contributed by atoms with Gasteiger partial charge in [-0.2, -0.15) is 0 Å². The number of phenolic OH excluding ortho intramolecular Hbond substituents is 2. The highest BCUT2D eigenvalue weighted by molar-refractivity contribution is 9.10. The Hall–Kier alpha value is -1.48. The molecule has 0 fully saturated rings. The summed E-state index contributed by atoms with van der Waals surface area (Å²) < 4.78 is 0.908. The lowest BCUT2D eigenvalue weighted by atomic mass is 10.0. The molecule has 2 aromatic rings. The van der Waals surface area contributed by atoms with Gasteiger partial charge >= 0.3 is 0 Å². The molecule has 16 heavy (non-hydrogen) atoms. The first-order valence-electron chi connectivity index (χ1n) is 4.45. The van der Waals surface area contributed by atoms with Crippen molar-refractivity contribution >= 4 is 15.9 Å². The van der Waals surface area contributed by atoms with Crippen molar-refractivity contribution < 1.29 is 10.2 Å². The number of benzene rings is 2. The quantitative estimate of drug-likeness (QED) is 0.823. The van der Waals surface area contributed by atoms with Gasteiger partial charge in [0.15, 0.2) is 0 Å². The molecule has 2 aromatic carbocycles. The van der Waals surface area contributed by atoms with Gasteiger partial charge in [-0.15, -0.1) is 0 Å². The zero-order chi connectivity index (χ0) is 10.8. The minimum atomic E-state index is 0. The second kappa shape index (κ2) is 5.03. The first-order chi connectivity index (χ1) is 7.18. The molecule has 0 bridgehead atoms. The predicted octanol–water partition coefficient (Wildman–Crippen LogP) is 4.16. The van der Waals surface area contributed by atoms with Crippen LogP contribution < -0.4 is 0 Å². The molecule has 0 aliphatic heterocycles. The minimum Gasteiger partial charge on any atom is -0.508 e. The highest BCUT2D eigenvalue weighted by atomic mass is 79.9. The van der Waals surface area contributed by atoms with E-state index in [9.17, 15) is 10.2 Å². The van der Waals surface area contributed by atoms with Gasteiger partial charge in [-0.05, 0) is 23.8 Å². The lowest BCUT2D eigenvalue weighted by molar-refractivity contribution is 0.452. The summed E-state index contributed by atoms with van der Waals surface area (Å²) in [5.41, 5.74) is 1.59. The van der Waals surface area contributed by atoms with E-state index in [-0.39, 0.29) is 18.9 Å². The van der Waals surface area contributed by atoms with Gasteiger partial charge in [-0.3, -0.25) is 0 Å². The van der Waals surface area contributed by atoms with Crippen molar-refractivity contribution in [3.05, 3.63) is 46.9 Å². The maximum Gasteiger partial charge on any atom is 0.127 e. The third kappa shape index (κ3) is 2.36. The summed E-state index contributed by atoms with van der Waals surface area (Å²) in [7, 11) is 0. The van der Waals surface area contributed by atoms with E-state index in [2.05, 4.69) is 15.9 Å². The molecule has 0 heterocycles.